The van der Waals surface area contributed by atoms with Gasteiger partial charge in [-0.25, -0.2) is 17.5 Å². The zero-order valence-electron chi connectivity index (χ0n) is 13.8. The van der Waals surface area contributed by atoms with Crippen molar-refractivity contribution in [1.82, 2.24) is 10.0 Å². The van der Waals surface area contributed by atoms with E-state index in [1.54, 1.807) is 12.1 Å². The Morgan fingerprint density at radius 2 is 1.85 bits per heavy atom. The van der Waals surface area contributed by atoms with Gasteiger partial charge in [-0.15, -0.1) is 0 Å². The summed E-state index contributed by atoms with van der Waals surface area (Å²) < 4.78 is 41.3. The average molecular weight is 379 g/mol. The van der Waals surface area contributed by atoms with E-state index in [-0.39, 0.29) is 16.6 Å². The summed E-state index contributed by atoms with van der Waals surface area (Å²) in [4.78, 5) is 10.1. The lowest BCUT2D eigenvalue weighted by Crippen LogP contribution is -2.49. The number of sulfonamides is 1. The van der Waals surface area contributed by atoms with E-state index in [0.717, 1.165) is 11.6 Å². The number of nitro groups is 1. The van der Waals surface area contributed by atoms with Crippen LogP contribution in [0.4, 0.5) is 10.1 Å². The van der Waals surface area contributed by atoms with Crippen LogP contribution in [0.2, 0.25) is 0 Å². The van der Waals surface area contributed by atoms with E-state index in [4.69, 9.17) is 0 Å². The Kier molecular flexibility index (Phi) is 5.30. The lowest BCUT2D eigenvalue weighted by Gasteiger charge is -2.33. The Morgan fingerprint density at radius 3 is 2.54 bits per heavy atom. The number of nitro benzene ring substituents is 1. The molecule has 2 aromatic carbocycles. The molecule has 7 nitrogen and oxygen atoms in total. The molecule has 0 radical (unpaired) electrons. The van der Waals surface area contributed by atoms with E-state index in [1.165, 1.54) is 30.3 Å². The first kappa shape index (κ1) is 18.4. The van der Waals surface area contributed by atoms with Crippen molar-refractivity contribution in [2.75, 3.05) is 13.1 Å². The molecule has 1 fully saturated rings. The lowest BCUT2D eigenvalue weighted by atomic mass is 9.87. The molecule has 2 aromatic rings. The Labute approximate surface area is 150 Å². The van der Waals surface area contributed by atoms with Crippen LogP contribution in [-0.4, -0.2) is 32.5 Å². The van der Waals surface area contributed by atoms with Gasteiger partial charge < -0.3 is 5.32 Å². The Morgan fingerprint density at radius 1 is 1.15 bits per heavy atom. The molecule has 9 heteroatoms. The molecular weight excluding hydrogens is 361 g/mol. The number of nitrogens with zero attached hydrogens (tertiary/aromatic N) is 1. The molecule has 0 bridgehead atoms. The van der Waals surface area contributed by atoms with Crippen molar-refractivity contribution in [3.8, 4) is 0 Å². The van der Waals surface area contributed by atoms with E-state index in [9.17, 15) is 22.9 Å². The first-order valence-electron chi connectivity index (χ1n) is 8.10. The Hall–Kier alpha value is -2.36. The number of piperidine rings is 1. The standard InChI is InChI=1S/C17H18FN3O4S/c18-13-7-5-12(6-8-13)14-9-10-19-11-15(14)20-26(24,25)17-4-2-1-3-16(17)21(22)23/h1-8,14-15,19-20H,9-11H2/t14-,15-/m1/s1. The molecule has 1 saturated heterocycles. The third-order valence-corrected chi connectivity index (χ3v) is 5.98. The Balaban J connectivity index is 1.90. The topological polar surface area (TPSA) is 101 Å². The fourth-order valence-corrected chi connectivity index (χ4v) is 4.64. The molecule has 1 aliphatic heterocycles. The van der Waals surface area contributed by atoms with Gasteiger partial charge in [-0.2, -0.15) is 0 Å². The summed E-state index contributed by atoms with van der Waals surface area (Å²) in [5.41, 5.74) is 0.352. The molecule has 138 valence electrons. The van der Waals surface area contributed by atoms with Gasteiger partial charge in [0.1, 0.15) is 5.82 Å². The maximum absolute atomic E-state index is 13.2. The quantitative estimate of drug-likeness (QED) is 0.612. The number of nitrogens with one attached hydrogen (secondary N) is 2. The minimum absolute atomic E-state index is 0.158. The molecule has 1 aliphatic rings. The van der Waals surface area contributed by atoms with Gasteiger partial charge in [0.15, 0.2) is 4.90 Å². The van der Waals surface area contributed by atoms with Crippen LogP contribution in [0.5, 0.6) is 0 Å². The third kappa shape index (κ3) is 3.90. The maximum atomic E-state index is 13.2. The molecule has 0 spiro atoms. The zero-order chi connectivity index (χ0) is 18.7. The molecule has 0 amide bonds. The SMILES string of the molecule is O=[N+]([O-])c1ccccc1S(=O)(=O)N[C@@H]1CNCC[C@@H]1c1ccc(F)cc1. The van der Waals surface area contributed by atoms with Crippen molar-refractivity contribution in [3.05, 3.63) is 70.0 Å². The first-order valence-corrected chi connectivity index (χ1v) is 9.59. The number of hydrogen-bond donors (Lipinski definition) is 2. The largest absolute Gasteiger partial charge is 0.315 e. The van der Waals surface area contributed by atoms with Gasteiger partial charge in [0.05, 0.1) is 4.92 Å². The predicted molar refractivity (Wildman–Crippen MR) is 93.8 cm³/mol. The highest BCUT2D eigenvalue weighted by molar-refractivity contribution is 7.89. The van der Waals surface area contributed by atoms with Crippen LogP contribution >= 0.6 is 0 Å². The molecule has 1 heterocycles. The van der Waals surface area contributed by atoms with Gasteiger partial charge in [0.2, 0.25) is 10.0 Å². The summed E-state index contributed by atoms with van der Waals surface area (Å²) in [6.45, 7) is 1.08. The minimum Gasteiger partial charge on any atom is -0.315 e. The van der Waals surface area contributed by atoms with E-state index in [1.807, 2.05) is 0 Å². The van der Waals surface area contributed by atoms with Crippen LogP contribution in [0.25, 0.3) is 0 Å². The highest BCUT2D eigenvalue weighted by atomic mass is 32.2. The van der Waals surface area contributed by atoms with Gasteiger partial charge >= 0.3 is 0 Å². The van der Waals surface area contributed by atoms with Crippen LogP contribution in [0.1, 0.15) is 17.9 Å². The van der Waals surface area contributed by atoms with Gasteiger partial charge in [0, 0.05) is 24.6 Å². The fourth-order valence-electron chi connectivity index (χ4n) is 3.19. The van der Waals surface area contributed by atoms with Crippen LogP contribution in [0.15, 0.2) is 53.4 Å². The summed E-state index contributed by atoms with van der Waals surface area (Å²) >= 11 is 0. The van der Waals surface area contributed by atoms with Crippen LogP contribution < -0.4 is 10.0 Å². The minimum atomic E-state index is -4.09. The number of benzene rings is 2. The monoisotopic (exact) mass is 379 g/mol. The third-order valence-electron chi connectivity index (χ3n) is 4.44. The van der Waals surface area contributed by atoms with Crippen LogP contribution in [0.3, 0.4) is 0 Å². The average Bonchev–Trinajstić information content (AvgIpc) is 2.63. The smallest absolute Gasteiger partial charge is 0.289 e. The molecule has 0 aromatic heterocycles. The molecule has 3 rings (SSSR count). The number of halogens is 1. The highest BCUT2D eigenvalue weighted by Gasteiger charge is 2.33. The second-order valence-corrected chi connectivity index (χ2v) is 7.79. The summed E-state index contributed by atoms with van der Waals surface area (Å²) in [6, 6.07) is 10.7. The maximum Gasteiger partial charge on any atom is 0.289 e. The van der Waals surface area contributed by atoms with Crippen molar-refractivity contribution in [1.29, 1.82) is 0 Å². The molecular formula is C17H18FN3O4S. The van der Waals surface area contributed by atoms with E-state index < -0.39 is 26.7 Å². The zero-order valence-corrected chi connectivity index (χ0v) is 14.6. The van der Waals surface area contributed by atoms with E-state index in [0.29, 0.717) is 19.5 Å². The predicted octanol–water partition coefficient (Wildman–Crippen LogP) is 2.16. The van der Waals surface area contributed by atoms with Gasteiger partial charge in [0.25, 0.3) is 5.69 Å². The van der Waals surface area contributed by atoms with Crippen molar-refractivity contribution < 1.29 is 17.7 Å². The van der Waals surface area contributed by atoms with Crippen molar-refractivity contribution in [2.24, 2.45) is 0 Å². The van der Waals surface area contributed by atoms with Crippen LogP contribution in [-0.2, 0) is 10.0 Å². The summed E-state index contributed by atoms with van der Waals surface area (Å²) in [6.07, 6.45) is 0.662. The van der Waals surface area contributed by atoms with E-state index >= 15 is 0 Å². The van der Waals surface area contributed by atoms with Crippen molar-refractivity contribution in [3.63, 3.8) is 0 Å². The fraction of sp³-hybridized carbons (Fsp3) is 0.294. The molecule has 2 N–H and O–H groups in total. The summed E-state index contributed by atoms with van der Waals surface area (Å²) in [7, 11) is -4.09. The summed E-state index contributed by atoms with van der Waals surface area (Å²) in [5, 5.41) is 14.3. The van der Waals surface area contributed by atoms with Gasteiger partial charge in [-0.1, -0.05) is 24.3 Å². The van der Waals surface area contributed by atoms with Gasteiger partial charge in [-0.05, 0) is 36.7 Å². The highest BCUT2D eigenvalue weighted by Crippen LogP contribution is 2.29. The summed E-state index contributed by atoms with van der Waals surface area (Å²) in [5.74, 6) is -0.519. The molecule has 26 heavy (non-hydrogen) atoms. The number of rotatable bonds is 5. The molecule has 0 aliphatic carbocycles. The second kappa shape index (κ2) is 7.48. The Bertz CT molecular complexity index is 902. The van der Waals surface area contributed by atoms with Crippen molar-refractivity contribution in [2.45, 2.75) is 23.3 Å². The van der Waals surface area contributed by atoms with Gasteiger partial charge in [-0.3, -0.25) is 10.1 Å². The van der Waals surface area contributed by atoms with E-state index in [2.05, 4.69) is 10.0 Å². The first-order chi connectivity index (χ1) is 12.4. The molecule has 0 unspecified atom stereocenters. The normalized spacial score (nSPS) is 20.7. The lowest BCUT2D eigenvalue weighted by molar-refractivity contribution is -0.387. The molecule has 0 saturated carbocycles. The van der Waals surface area contributed by atoms with Crippen LogP contribution in [0, 0.1) is 15.9 Å². The second-order valence-electron chi connectivity index (χ2n) is 6.10. The molecule has 2 atom stereocenters. The van der Waals surface area contributed by atoms with Crippen molar-refractivity contribution >= 4 is 15.7 Å². The number of para-hydroxylation sites is 1. The number of hydrogen-bond acceptors (Lipinski definition) is 5.